The molecule has 2 amide bonds. The van der Waals surface area contributed by atoms with Gasteiger partial charge in [-0.15, -0.1) is 23.1 Å². The van der Waals surface area contributed by atoms with Crippen LogP contribution >= 0.6 is 23.1 Å². The van der Waals surface area contributed by atoms with Crippen LogP contribution in [0.3, 0.4) is 0 Å². The van der Waals surface area contributed by atoms with Gasteiger partial charge in [0.1, 0.15) is 23.7 Å². The van der Waals surface area contributed by atoms with Crippen LogP contribution in [0.4, 0.5) is 0 Å². The molecule has 154 valence electrons. The number of thioether (sulfide) groups is 1. The van der Waals surface area contributed by atoms with Crippen LogP contribution in [0.25, 0.3) is 0 Å². The average molecular weight is 437 g/mol. The van der Waals surface area contributed by atoms with Crippen molar-refractivity contribution in [3.63, 3.8) is 0 Å². The SMILES string of the molecule is O=C(Cc1cccs1)NC1C(=O)N2C(C(=O)O)=C(COC(=O)C3CCC3)CS[C@H]12. The molecule has 2 fully saturated rings. The molecule has 2 aliphatic heterocycles. The minimum atomic E-state index is -1.23. The Morgan fingerprint density at radius 3 is 2.72 bits per heavy atom. The molecule has 1 unspecified atom stereocenters. The molecule has 0 radical (unpaired) electrons. The van der Waals surface area contributed by atoms with E-state index in [9.17, 15) is 24.3 Å². The number of hydrogen-bond acceptors (Lipinski definition) is 7. The second kappa shape index (κ2) is 8.19. The highest BCUT2D eigenvalue weighted by atomic mass is 32.2. The van der Waals surface area contributed by atoms with Crippen molar-refractivity contribution in [2.75, 3.05) is 12.4 Å². The fourth-order valence-corrected chi connectivity index (χ4v) is 5.54. The van der Waals surface area contributed by atoms with Gasteiger partial charge in [0.05, 0.1) is 12.3 Å². The van der Waals surface area contributed by atoms with Crippen LogP contribution in [0, 0.1) is 5.92 Å². The summed E-state index contributed by atoms with van der Waals surface area (Å²) < 4.78 is 5.28. The highest BCUT2D eigenvalue weighted by molar-refractivity contribution is 8.00. The molecule has 0 bridgehead atoms. The van der Waals surface area contributed by atoms with E-state index < -0.39 is 23.3 Å². The molecular formula is C19H20N2O6S2. The second-order valence-electron chi connectivity index (χ2n) is 7.20. The Hall–Kier alpha value is -2.33. The molecule has 3 heterocycles. The molecule has 1 saturated heterocycles. The van der Waals surface area contributed by atoms with Gasteiger partial charge in [0.15, 0.2) is 0 Å². The summed E-state index contributed by atoms with van der Waals surface area (Å²) in [5.41, 5.74) is 0.270. The number of nitrogens with one attached hydrogen (secondary N) is 1. The molecule has 0 aromatic carbocycles. The summed E-state index contributed by atoms with van der Waals surface area (Å²) in [7, 11) is 0. The lowest BCUT2D eigenvalue weighted by molar-refractivity contribution is -0.152. The number of hydrogen-bond donors (Lipinski definition) is 2. The van der Waals surface area contributed by atoms with E-state index in [2.05, 4.69) is 5.32 Å². The number of rotatable bonds is 7. The molecule has 29 heavy (non-hydrogen) atoms. The number of carboxylic acid groups (broad SMARTS) is 1. The van der Waals surface area contributed by atoms with Crippen LogP contribution in [-0.4, -0.2) is 57.5 Å². The highest BCUT2D eigenvalue weighted by Gasteiger charge is 2.54. The largest absolute Gasteiger partial charge is 0.477 e. The third-order valence-electron chi connectivity index (χ3n) is 5.31. The molecule has 1 aromatic rings. The monoisotopic (exact) mass is 436 g/mol. The fraction of sp³-hybridized carbons (Fsp3) is 0.474. The maximum Gasteiger partial charge on any atom is 0.352 e. The predicted octanol–water partition coefficient (Wildman–Crippen LogP) is 1.37. The van der Waals surface area contributed by atoms with Gasteiger partial charge in [0.25, 0.3) is 5.91 Å². The molecular weight excluding hydrogens is 416 g/mol. The lowest BCUT2D eigenvalue weighted by atomic mass is 9.86. The summed E-state index contributed by atoms with van der Waals surface area (Å²) in [4.78, 5) is 50.6. The van der Waals surface area contributed by atoms with Crippen LogP contribution < -0.4 is 5.32 Å². The van der Waals surface area contributed by atoms with Gasteiger partial charge in [-0.1, -0.05) is 12.5 Å². The molecule has 2 atom stereocenters. The van der Waals surface area contributed by atoms with Gasteiger partial charge >= 0.3 is 11.9 Å². The first-order chi connectivity index (χ1) is 14.0. The molecule has 0 spiro atoms. The number of carboxylic acids is 1. The number of ether oxygens (including phenoxy) is 1. The number of fused-ring (bicyclic) bond motifs is 1. The van der Waals surface area contributed by atoms with Crippen molar-refractivity contribution in [1.29, 1.82) is 0 Å². The maximum atomic E-state index is 12.6. The van der Waals surface area contributed by atoms with Gasteiger partial charge < -0.3 is 15.2 Å². The van der Waals surface area contributed by atoms with E-state index in [1.54, 1.807) is 0 Å². The van der Waals surface area contributed by atoms with E-state index in [4.69, 9.17) is 4.74 Å². The normalized spacial score (nSPS) is 23.7. The highest BCUT2D eigenvalue weighted by Crippen LogP contribution is 2.40. The minimum Gasteiger partial charge on any atom is -0.477 e. The lowest BCUT2D eigenvalue weighted by Gasteiger charge is -2.49. The number of nitrogens with zero attached hydrogens (tertiary/aromatic N) is 1. The molecule has 1 aromatic heterocycles. The van der Waals surface area contributed by atoms with E-state index >= 15 is 0 Å². The van der Waals surface area contributed by atoms with E-state index in [0.717, 1.165) is 24.1 Å². The number of amides is 2. The predicted molar refractivity (Wildman–Crippen MR) is 106 cm³/mol. The number of β-lactam (4-membered cyclic amide) rings is 1. The number of carbonyl (C=O) groups is 4. The summed E-state index contributed by atoms with van der Waals surface area (Å²) in [6, 6.07) is 2.95. The molecule has 4 rings (SSSR count). The first-order valence-electron chi connectivity index (χ1n) is 9.34. The summed E-state index contributed by atoms with van der Waals surface area (Å²) in [6.07, 6.45) is 2.79. The van der Waals surface area contributed by atoms with Gasteiger partial charge in [-0.3, -0.25) is 19.3 Å². The zero-order chi connectivity index (χ0) is 20.5. The Kier molecular flexibility index (Phi) is 5.64. The Morgan fingerprint density at radius 2 is 2.10 bits per heavy atom. The van der Waals surface area contributed by atoms with Crippen molar-refractivity contribution >= 4 is 46.9 Å². The maximum absolute atomic E-state index is 12.6. The Morgan fingerprint density at radius 1 is 1.31 bits per heavy atom. The molecule has 8 nitrogen and oxygen atoms in total. The lowest BCUT2D eigenvalue weighted by Crippen LogP contribution is -2.70. The van der Waals surface area contributed by atoms with Crippen LogP contribution in [-0.2, 0) is 30.3 Å². The van der Waals surface area contributed by atoms with E-state index in [1.807, 2.05) is 17.5 Å². The van der Waals surface area contributed by atoms with Gasteiger partial charge in [0, 0.05) is 16.2 Å². The fourth-order valence-electron chi connectivity index (χ4n) is 3.51. The third-order valence-corrected chi connectivity index (χ3v) is 7.52. The van der Waals surface area contributed by atoms with Crippen LogP contribution in [0.5, 0.6) is 0 Å². The Labute approximate surface area is 175 Å². The molecule has 1 saturated carbocycles. The van der Waals surface area contributed by atoms with Crippen molar-refractivity contribution in [2.45, 2.75) is 37.1 Å². The molecule has 2 N–H and O–H groups in total. The first kappa shape index (κ1) is 20.0. The first-order valence-corrected chi connectivity index (χ1v) is 11.3. The zero-order valence-electron chi connectivity index (χ0n) is 15.5. The summed E-state index contributed by atoms with van der Waals surface area (Å²) in [6.45, 7) is -0.129. The number of aliphatic carboxylic acids is 1. The van der Waals surface area contributed by atoms with Crippen molar-refractivity contribution < 1.29 is 29.0 Å². The molecule has 3 aliphatic rings. The van der Waals surface area contributed by atoms with Crippen molar-refractivity contribution in [3.05, 3.63) is 33.7 Å². The van der Waals surface area contributed by atoms with Crippen LogP contribution in [0.1, 0.15) is 24.1 Å². The smallest absolute Gasteiger partial charge is 0.352 e. The van der Waals surface area contributed by atoms with E-state index in [1.165, 1.54) is 28.0 Å². The average Bonchev–Trinajstić information content (AvgIpc) is 3.14. The van der Waals surface area contributed by atoms with Crippen molar-refractivity contribution in [2.24, 2.45) is 5.92 Å². The number of carbonyl (C=O) groups excluding carboxylic acids is 3. The molecule has 1 aliphatic carbocycles. The van der Waals surface area contributed by atoms with Gasteiger partial charge in [-0.2, -0.15) is 0 Å². The standard InChI is InChI=1S/C19H20N2O6S2/c22-13(7-12-5-2-6-28-12)20-14-16(23)21-15(18(24)25)11(9-29-17(14)21)8-27-19(26)10-3-1-4-10/h2,5-6,10,14,17H,1,3-4,7-9H2,(H,20,22)(H,24,25)/t14?,17-/m1/s1. The summed E-state index contributed by atoms with van der Waals surface area (Å²) in [5, 5.41) is 13.8. The van der Waals surface area contributed by atoms with Crippen LogP contribution in [0.15, 0.2) is 28.8 Å². The van der Waals surface area contributed by atoms with Gasteiger partial charge in [-0.25, -0.2) is 4.79 Å². The third kappa shape index (κ3) is 3.91. The van der Waals surface area contributed by atoms with E-state index in [0.29, 0.717) is 11.3 Å². The number of thiophene rings is 1. The topological polar surface area (TPSA) is 113 Å². The Balaban J connectivity index is 1.40. The van der Waals surface area contributed by atoms with Crippen molar-refractivity contribution in [3.8, 4) is 0 Å². The quantitative estimate of drug-likeness (QED) is 0.490. The minimum absolute atomic E-state index is 0.0959. The second-order valence-corrected chi connectivity index (χ2v) is 9.34. The van der Waals surface area contributed by atoms with E-state index in [-0.39, 0.29) is 36.5 Å². The van der Waals surface area contributed by atoms with Crippen molar-refractivity contribution in [1.82, 2.24) is 10.2 Å². The van der Waals surface area contributed by atoms with Crippen LogP contribution in [0.2, 0.25) is 0 Å². The van der Waals surface area contributed by atoms with Gasteiger partial charge in [-0.05, 0) is 24.3 Å². The van der Waals surface area contributed by atoms with Gasteiger partial charge in [0.2, 0.25) is 5.91 Å². The molecule has 10 heteroatoms. The Bertz CT molecular complexity index is 877. The summed E-state index contributed by atoms with van der Waals surface area (Å²) >= 11 is 2.82. The summed E-state index contributed by atoms with van der Waals surface area (Å²) in [5.74, 6) is -2.04. The zero-order valence-corrected chi connectivity index (χ0v) is 17.1. The number of esters is 1.